The smallest absolute Gasteiger partial charge is 0.343 e. The number of nitrogens with zero attached hydrogens (tertiary/aromatic N) is 1. The Balaban J connectivity index is 2.49. The van der Waals surface area contributed by atoms with Crippen molar-refractivity contribution in [3.8, 4) is 0 Å². The van der Waals surface area contributed by atoms with Gasteiger partial charge in [0.25, 0.3) is 0 Å². The van der Waals surface area contributed by atoms with Crippen LogP contribution in [-0.4, -0.2) is 41.1 Å². The lowest BCUT2D eigenvalue weighted by atomic mass is 10.0. The summed E-state index contributed by atoms with van der Waals surface area (Å²) in [5.74, 6) is -10.4. The van der Waals surface area contributed by atoms with Gasteiger partial charge in [-0.25, -0.2) is 22.4 Å². The molecule has 1 aromatic rings. The maximum absolute atomic E-state index is 13.8. The van der Waals surface area contributed by atoms with Crippen LogP contribution in [0.1, 0.15) is 30.1 Å². The third-order valence-electron chi connectivity index (χ3n) is 3.56. The number of carbonyl (C=O) groups is 2. The zero-order chi connectivity index (χ0) is 18.7. The SMILES string of the molecule is CCOC(=O)/C(=C/N(CO)C1CC1)C(=O)c1cc(F)c(F)c(F)c1F. The number of aliphatic hydroxyl groups excluding tert-OH is 1. The summed E-state index contributed by atoms with van der Waals surface area (Å²) in [5, 5.41) is 9.30. The molecule has 0 heterocycles. The lowest BCUT2D eigenvalue weighted by molar-refractivity contribution is -0.138. The van der Waals surface area contributed by atoms with Crippen molar-refractivity contribution >= 4 is 11.8 Å². The number of hydrogen-bond acceptors (Lipinski definition) is 5. The summed E-state index contributed by atoms with van der Waals surface area (Å²) in [5.41, 5.74) is -1.88. The van der Waals surface area contributed by atoms with E-state index in [0.717, 1.165) is 6.20 Å². The van der Waals surface area contributed by atoms with Crippen LogP contribution in [0.4, 0.5) is 17.6 Å². The van der Waals surface area contributed by atoms with Gasteiger partial charge in [0.1, 0.15) is 12.3 Å². The molecule has 9 heteroatoms. The van der Waals surface area contributed by atoms with Gasteiger partial charge in [0.05, 0.1) is 12.2 Å². The monoisotopic (exact) mass is 361 g/mol. The summed E-state index contributed by atoms with van der Waals surface area (Å²) in [6.07, 6.45) is 2.36. The Morgan fingerprint density at radius 1 is 1.24 bits per heavy atom. The van der Waals surface area contributed by atoms with E-state index in [1.807, 2.05) is 0 Å². The van der Waals surface area contributed by atoms with Gasteiger partial charge in [-0.3, -0.25) is 4.79 Å². The molecule has 1 fully saturated rings. The quantitative estimate of drug-likeness (QED) is 0.0929. The van der Waals surface area contributed by atoms with Crippen LogP contribution in [0.15, 0.2) is 17.8 Å². The van der Waals surface area contributed by atoms with Crippen molar-refractivity contribution in [1.82, 2.24) is 4.90 Å². The van der Waals surface area contributed by atoms with Crippen LogP contribution in [0.5, 0.6) is 0 Å². The van der Waals surface area contributed by atoms with Crippen molar-refractivity contribution in [2.45, 2.75) is 25.8 Å². The van der Waals surface area contributed by atoms with E-state index in [1.54, 1.807) is 0 Å². The first kappa shape index (κ1) is 18.9. The number of carbonyl (C=O) groups excluding carboxylic acids is 2. The zero-order valence-electron chi connectivity index (χ0n) is 13.2. The van der Waals surface area contributed by atoms with Crippen LogP contribution < -0.4 is 0 Å². The Bertz CT molecular complexity index is 731. The fraction of sp³-hybridized carbons (Fsp3) is 0.375. The number of aliphatic hydroxyl groups is 1. The highest BCUT2D eigenvalue weighted by Gasteiger charge is 2.32. The lowest BCUT2D eigenvalue weighted by Crippen LogP contribution is -2.26. The molecule has 0 atom stereocenters. The summed E-state index contributed by atoms with van der Waals surface area (Å²) in [7, 11) is 0. The number of Topliss-reactive ketones (excluding diaryl/α,β-unsaturated/α-hetero) is 1. The van der Waals surface area contributed by atoms with E-state index in [1.165, 1.54) is 11.8 Å². The highest BCUT2D eigenvalue weighted by Crippen LogP contribution is 2.28. The van der Waals surface area contributed by atoms with Gasteiger partial charge in [0.15, 0.2) is 23.3 Å². The van der Waals surface area contributed by atoms with E-state index in [9.17, 15) is 32.3 Å². The average Bonchev–Trinajstić information content (AvgIpc) is 3.41. The summed E-state index contributed by atoms with van der Waals surface area (Å²) >= 11 is 0. The predicted molar refractivity (Wildman–Crippen MR) is 77.3 cm³/mol. The maximum Gasteiger partial charge on any atom is 0.343 e. The van der Waals surface area contributed by atoms with Gasteiger partial charge in [0.2, 0.25) is 5.78 Å². The van der Waals surface area contributed by atoms with Gasteiger partial charge in [0, 0.05) is 12.2 Å². The van der Waals surface area contributed by atoms with E-state index in [0.29, 0.717) is 12.8 Å². The molecule has 1 aliphatic carbocycles. The van der Waals surface area contributed by atoms with Crippen LogP contribution in [-0.2, 0) is 9.53 Å². The topological polar surface area (TPSA) is 66.8 Å². The van der Waals surface area contributed by atoms with Crippen molar-refractivity contribution in [1.29, 1.82) is 0 Å². The molecule has 0 unspecified atom stereocenters. The number of halogens is 4. The summed E-state index contributed by atoms with van der Waals surface area (Å²) in [6.45, 7) is 0.818. The first-order valence-corrected chi connectivity index (χ1v) is 7.45. The Morgan fingerprint density at radius 3 is 2.40 bits per heavy atom. The fourth-order valence-electron chi connectivity index (χ4n) is 2.13. The summed E-state index contributed by atoms with van der Waals surface area (Å²) < 4.78 is 58.3. The van der Waals surface area contributed by atoms with E-state index in [4.69, 9.17) is 4.74 Å². The fourth-order valence-corrected chi connectivity index (χ4v) is 2.13. The van der Waals surface area contributed by atoms with Crippen LogP contribution in [0.25, 0.3) is 0 Å². The number of benzene rings is 1. The third-order valence-corrected chi connectivity index (χ3v) is 3.56. The summed E-state index contributed by atoms with van der Waals surface area (Å²) in [6, 6.07) is 0.0533. The molecular weight excluding hydrogens is 346 g/mol. The predicted octanol–water partition coefficient (Wildman–Crippen LogP) is 2.29. The van der Waals surface area contributed by atoms with Crippen LogP contribution >= 0.6 is 0 Å². The molecule has 0 bridgehead atoms. The van der Waals surface area contributed by atoms with Crippen molar-refractivity contribution in [3.63, 3.8) is 0 Å². The standard InChI is InChI=1S/C16H15F4NO4/c1-2-25-16(24)10(6-21(7-22)8-3-4-8)15(23)9-5-11(17)13(19)14(20)12(9)18/h5-6,8,22H,2-4,7H2,1H3/b10-6+. The van der Waals surface area contributed by atoms with E-state index >= 15 is 0 Å². The first-order valence-electron chi connectivity index (χ1n) is 7.45. The largest absolute Gasteiger partial charge is 0.462 e. The molecule has 0 aromatic heterocycles. The molecule has 5 nitrogen and oxygen atoms in total. The van der Waals surface area contributed by atoms with Crippen LogP contribution in [0.2, 0.25) is 0 Å². The van der Waals surface area contributed by atoms with Crippen molar-refractivity contribution < 1.29 is 37.0 Å². The van der Waals surface area contributed by atoms with E-state index in [-0.39, 0.29) is 18.7 Å². The number of ketones is 1. The molecule has 25 heavy (non-hydrogen) atoms. The maximum atomic E-state index is 13.8. The van der Waals surface area contributed by atoms with Crippen LogP contribution in [0, 0.1) is 23.3 Å². The molecular formula is C16H15F4NO4. The minimum Gasteiger partial charge on any atom is -0.462 e. The highest BCUT2D eigenvalue weighted by atomic mass is 19.2. The van der Waals surface area contributed by atoms with E-state index in [2.05, 4.69) is 0 Å². The van der Waals surface area contributed by atoms with E-state index < -0.39 is 52.9 Å². The molecule has 1 saturated carbocycles. The second-order valence-electron chi connectivity index (χ2n) is 5.33. The van der Waals surface area contributed by atoms with Gasteiger partial charge in [-0.15, -0.1) is 0 Å². The Morgan fingerprint density at radius 2 is 1.88 bits per heavy atom. The number of ether oxygens (including phenoxy) is 1. The molecule has 136 valence electrons. The minimum absolute atomic E-state index is 0.110. The minimum atomic E-state index is -2.16. The second-order valence-corrected chi connectivity index (χ2v) is 5.33. The number of rotatable bonds is 7. The molecule has 1 aromatic carbocycles. The molecule has 0 saturated heterocycles. The van der Waals surface area contributed by atoms with Crippen LogP contribution in [0.3, 0.4) is 0 Å². The Hall–Kier alpha value is -2.42. The Labute approximate surface area is 140 Å². The summed E-state index contributed by atoms with van der Waals surface area (Å²) in [4.78, 5) is 25.7. The van der Waals surface area contributed by atoms with Crippen molar-refractivity contribution in [2.75, 3.05) is 13.3 Å². The molecule has 0 radical (unpaired) electrons. The molecule has 0 aliphatic heterocycles. The van der Waals surface area contributed by atoms with Crippen molar-refractivity contribution in [2.24, 2.45) is 0 Å². The zero-order valence-corrected chi connectivity index (χ0v) is 13.2. The Kier molecular flexibility index (Phi) is 5.78. The molecule has 2 rings (SSSR count). The van der Waals surface area contributed by atoms with Gasteiger partial charge in [-0.05, 0) is 25.8 Å². The molecule has 1 N–H and O–H groups in total. The number of hydrogen-bond donors (Lipinski definition) is 1. The third kappa shape index (κ3) is 3.98. The lowest BCUT2D eigenvalue weighted by Gasteiger charge is -2.18. The highest BCUT2D eigenvalue weighted by molar-refractivity contribution is 6.24. The normalized spacial score (nSPS) is 14.4. The second kappa shape index (κ2) is 7.64. The average molecular weight is 361 g/mol. The van der Waals surface area contributed by atoms with Crippen molar-refractivity contribution in [3.05, 3.63) is 46.7 Å². The first-order chi connectivity index (χ1) is 11.8. The van der Waals surface area contributed by atoms with Gasteiger partial charge >= 0.3 is 5.97 Å². The molecule has 0 spiro atoms. The molecule has 0 amide bonds. The van der Waals surface area contributed by atoms with Gasteiger partial charge < -0.3 is 14.7 Å². The van der Waals surface area contributed by atoms with Gasteiger partial charge in [-0.2, -0.15) is 0 Å². The number of esters is 1. The molecule has 1 aliphatic rings. The van der Waals surface area contributed by atoms with Gasteiger partial charge in [-0.1, -0.05) is 0 Å².